The second-order valence-corrected chi connectivity index (χ2v) is 7.66. The standard InChI is InChI=1S/C13H16BrF2NO3S/c14-11-7-9(15)8-12(16)13(11)21(19,20)17-5-1-3-10(17)4-2-6-18/h7-8,10,18H,1-6H2. The molecule has 1 heterocycles. The summed E-state index contributed by atoms with van der Waals surface area (Å²) in [6, 6.07) is 1.25. The van der Waals surface area contributed by atoms with Gasteiger partial charge in [0.25, 0.3) is 0 Å². The monoisotopic (exact) mass is 383 g/mol. The number of aliphatic hydroxyl groups is 1. The van der Waals surface area contributed by atoms with Gasteiger partial charge in [0, 0.05) is 29.7 Å². The van der Waals surface area contributed by atoms with E-state index in [1.807, 2.05) is 0 Å². The second-order valence-electron chi connectivity index (χ2n) is 4.98. The number of rotatable bonds is 5. The highest BCUT2D eigenvalue weighted by Gasteiger charge is 2.37. The molecule has 0 aromatic heterocycles. The quantitative estimate of drug-likeness (QED) is 0.849. The van der Waals surface area contributed by atoms with Crippen LogP contribution in [-0.2, 0) is 10.0 Å². The summed E-state index contributed by atoms with van der Waals surface area (Å²) in [6.07, 6.45) is 2.38. The van der Waals surface area contributed by atoms with Crippen molar-refractivity contribution in [3.63, 3.8) is 0 Å². The number of halogens is 3. The van der Waals surface area contributed by atoms with Crippen LogP contribution in [-0.4, -0.2) is 37.0 Å². The van der Waals surface area contributed by atoms with E-state index in [1.54, 1.807) is 0 Å². The maximum Gasteiger partial charge on any atom is 0.247 e. The Balaban J connectivity index is 2.38. The van der Waals surface area contributed by atoms with Crippen LogP contribution in [0.1, 0.15) is 25.7 Å². The van der Waals surface area contributed by atoms with Crippen molar-refractivity contribution in [2.45, 2.75) is 36.6 Å². The molecule has 1 aliphatic rings. The molecule has 1 aliphatic heterocycles. The molecule has 2 rings (SSSR count). The zero-order chi connectivity index (χ0) is 15.6. The summed E-state index contributed by atoms with van der Waals surface area (Å²) in [5.41, 5.74) is 0. The Bertz CT molecular complexity index is 601. The first-order valence-corrected chi connectivity index (χ1v) is 8.88. The third kappa shape index (κ3) is 3.44. The molecule has 0 aliphatic carbocycles. The zero-order valence-corrected chi connectivity index (χ0v) is 13.6. The maximum atomic E-state index is 13.9. The topological polar surface area (TPSA) is 57.6 Å². The highest BCUT2D eigenvalue weighted by atomic mass is 79.9. The lowest BCUT2D eigenvalue weighted by Gasteiger charge is -2.24. The number of benzene rings is 1. The minimum atomic E-state index is -4.03. The van der Waals surface area contributed by atoms with E-state index in [9.17, 15) is 17.2 Å². The lowest BCUT2D eigenvalue weighted by molar-refractivity contribution is 0.264. The van der Waals surface area contributed by atoms with Gasteiger partial charge >= 0.3 is 0 Å². The van der Waals surface area contributed by atoms with Gasteiger partial charge in [0.05, 0.1) is 0 Å². The Morgan fingerprint density at radius 3 is 2.71 bits per heavy atom. The van der Waals surface area contributed by atoms with Crippen molar-refractivity contribution in [2.24, 2.45) is 0 Å². The molecule has 1 aromatic carbocycles. The smallest absolute Gasteiger partial charge is 0.247 e. The average Bonchev–Trinajstić information content (AvgIpc) is 2.83. The van der Waals surface area contributed by atoms with Crippen LogP contribution < -0.4 is 0 Å². The van der Waals surface area contributed by atoms with Crippen molar-refractivity contribution in [3.8, 4) is 0 Å². The number of hydrogen-bond donors (Lipinski definition) is 1. The Morgan fingerprint density at radius 2 is 2.10 bits per heavy atom. The number of nitrogens with zero attached hydrogens (tertiary/aromatic N) is 1. The summed E-state index contributed by atoms with van der Waals surface area (Å²) >= 11 is 2.93. The van der Waals surface area contributed by atoms with Crippen molar-refractivity contribution in [1.82, 2.24) is 4.31 Å². The Labute approximate surface area is 130 Å². The van der Waals surface area contributed by atoms with Crippen molar-refractivity contribution in [3.05, 3.63) is 28.2 Å². The summed E-state index contributed by atoms with van der Waals surface area (Å²) in [5.74, 6) is -1.94. The van der Waals surface area contributed by atoms with E-state index in [-0.39, 0.29) is 17.1 Å². The second kappa shape index (κ2) is 6.68. The number of aliphatic hydroxyl groups excluding tert-OH is 1. The van der Waals surface area contributed by atoms with Crippen molar-refractivity contribution in [2.75, 3.05) is 13.2 Å². The summed E-state index contributed by atoms with van der Waals surface area (Å²) < 4.78 is 53.4. The summed E-state index contributed by atoms with van der Waals surface area (Å²) in [4.78, 5) is -0.528. The summed E-state index contributed by atoms with van der Waals surface area (Å²) in [5, 5.41) is 8.87. The first kappa shape index (κ1) is 16.8. The molecule has 1 fully saturated rings. The first-order valence-electron chi connectivity index (χ1n) is 6.65. The molecule has 118 valence electrons. The molecule has 0 bridgehead atoms. The van der Waals surface area contributed by atoms with Crippen LogP contribution in [0.15, 0.2) is 21.5 Å². The van der Waals surface area contributed by atoms with Crippen LogP contribution >= 0.6 is 15.9 Å². The molecule has 21 heavy (non-hydrogen) atoms. The largest absolute Gasteiger partial charge is 0.396 e. The number of sulfonamides is 1. The lowest BCUT2D eigenvalue weighted by atomic mass is 10.1. The molecule has 4 nitrogen and oxygen atoms in total. The van der Waals surface area contributed by atoms with Gasteiger partial charge in [-0.15, -0.1) is 0 Å². The highest BCUT2D eigenvalue weighted by Crippen LogP contribution is 2.33. The van der Waals surface area contributed by atoms with Crippen LogP contribution in [0.4, 0.5) is 8.78 Å². The molecule has 0 amide bonds. The predicted molar refractivity (Wildman–Crippen MR) is 77.3 cm³/mol. The lowest BCUT2D eigenvalue weighted by Crippen LogP contribution is -2.36. The Kier molecular flexibility index (Phi) is 5.34. The van der Waals surface area contributed by atoms with E-state index < -0.39 is 26.6 Å². The summed E-state index contributed by atoms with van der Waals surface area (Å²) in [7, 11) is -4.03. The zero-order valence-electron chi connectivity index (χ0n) is 11.2. The molecule has 0 spiro atoms. The predicted octanol–water partition coefficient (Wildman–Crippen LogP) is 2.65. The van der Waals surface area contributed by atoms with E-state index in [0.29, 0.717) is 38.3 Å². The van der Waals surface area contributed by atoms with Gasteiger partial charge in [-0.2, -0.15) is 4.31 Å². The van der Waals surface area contributed by atoms with Gasteiger partial charge in [-0.25, -0.2) is 17.2 Å². The molecule has 1 saturated heterocycles. The van der Waals surface area contributed by atoms with Crippen LogP contribution in [0.2, 0.25) is 0 Å². The minimum absolute atomic E-state index is 0.0149. The molecule has 8 heteroatoms. The van der Waals surface area contributed by atoms with E-state index in [0.717, 1.165) is 6.07 Å². The SMILES string of the molecule is O=S(=O)(c1c(F)cc(F)cc1Br)N1CCCC1CCCO. The summed E-state index contributed by atoms with van der Waals surface area (Å²) in [6.45, 7) is 0.292. The third-order valence-electron chi connectivity index (χ3n) is 3.55. The maximum absolute atomic E-state index is 13.9. The van der Waals surface area contributed by atoms with Crippen molar-refractivity contribution in [1.29, 1.82) is 0 Å². The van der Waals surface area contributed by atoms with Gasteiger partial charge in [-0.05, 0) is 47.7 Å². The Morgan fingerprint density at radius 1 is 1.38 bits per heavy atom. The first-order chi connectivity index (χ1) is 9.87. The molecular weight excluding hydrogens is 368 g/mol. The molecular formula is C13H16BrF2NO3S. The van der Waals surface area contributed by atoms with E-state index in [4.69, 9.17) is 5.11 Å². The van der Waals surface area contributed by atoms with Gasteiger partial charge < -0.3 is 5.11 Å². The van der Waals surface area contributed by atoms with Crippen LogP contribution in [0, 0.1) is 11.6 Å². The van der Waals surface area contributed by atoms with Gasteiger partial charge in [-0.3, -0.25) is 0 Å². The van der Waals surface area contributed by atoms with Crippen LogP contribution in [0.5, 0.6) is 0 Å². The molecule has 0 saturated carbocycles. The van der Waals surface area contributed by atoms with Gasteiger partial charge in [0.15, 0.2) is 0 Å². The molecule has 1 aromatic rings. The van der Waals surface area contributed by atoms with Gasteiger partial charge in [0.2, 0.25) is 10.0 Å². The highest BCUT2D eigenvalue weighted by molar-refractivity contribution is 9.10. The van der Waals surface area contributed by atoms with Crippen molar-refractivity contribution < 1.29 is 22.3 Å². The van der Waals surface area contributed by atoms with E-state index in [2.05, 4.69) is 15.9 Å². The van der Waals surface area contributed by atoms with Crippen LogP contribution in [0.3, 0.4) is 0 Å². The Hall–Kier alpha value is -0.570. The fraction of sp³-hybridized carbons (Fsp3) is 0.538. The average molecular weight is 384 g/mol. The third-order valence-corrected chi connectivity index (χ3v) is 6.47. The normalized spacial score (nSPS) is 20.1. The van der Waals surface area contributed by atoms with Crippen LogP contribution in [0.25, 0.3) is 0 Å². The van der Waals surface area contributed by atoms with Gasteiger partial charge in [-0.1, -0.05) is 0 Å². The molecule has 1 unspecified atom stereocenters. The minimum Gasteiger partial charge on any atom is -0.396 e. The number of hydrogen-bond acceptors (Lipinski definition) is 3. The fourth-order valence-electron chi connectivity index (χ4n) is 2.63. The molecule has 0 radical (unpaired) electrons. The molecule has 1 N–H and O–H groups in total. The fourth-order valence-corrected chi connectivity index (χ4v) is 5.47. The van der Waals surface area contributed by atoms with E-state index >= 15 is 0 Å². The van der Waals surface area contributed by atoms with Gasteiger partial charge in [0.1, 0.15) is 16.5 Å². The van der Waals surface area contributed by atoms with E-state index in [1.165, 1.54) is 4.31 Å². The van der Waals surface area contributed by atoms with Crippen molar-refractivity contribution >= 4 is 26.0 Å². The molecule has 1 atom stereocenters.